The van der Waals surface area contributed by atoms with E-state index in [1.54, 1.807) is 0 Å². The average molecular weight is 397 g/mol. The van der Waals surface area contributed by atoms with E-state index < -0.39 is 0 Å². The number of hydrogen-bond donors (Lipinski definition) is 2. The summed E-state index contributed by atoms with van der Waals surface area (Å²) in [5.74, 6) is 0. The van der Waals surface area contributed by atoms with Crippen LogP contribution in [0.5, 0.6) is 0 Å². The van der Waals surface area contributed by atoms with Crippen LogP contribution in [0.3, 0.4) is 0 Å². The van der Waals surface area contributed by atoms with Crippen LogP contribution in [-0.4, -0.2) is 20.4 Å². The van der Waals surface area contributed by atoms with Crippen LogP contribution in [0.1, 0.15) is 0 Å². The number of nitrogens with one attached hydrogen (secondary N) is 2. The number of rotatable bonds is 4. The molecule has 2 aromatic heterocycles. The van der Waals surface area contributed by atoms with Crippen LogP contribution < -0.4 is 0 Å². The quantitative estimate of drug-likeness (QED) is 0.366. The van der Waals surface area contributed by atoms with Crippen LogP contribution in [0, 0.1) is 0 Å². The number of nitrogens with zero attached hydrogens (tertiary/aromatic N) is 2. The molecule has 0 saturated carbocycles. The molecule has 0 radical (unpaired) electrons. The molecule has 5 heteroatoms. The smallest absolute Gasteiger partial charge is 0.0565 e. The van der Waals surface area contributed by atoms with Gasteiger partial charge in [-0.1, -0.05) is 60.1 Å². The van der Waals surface area contributed by atoms with Crippen molar-refractivity contribution in [3.63, 3.8) is 0 Å². The molecular formula is C24H17ClN4. The van der Waals surface area contributed by atoms with E-state index in [0.717, 1.165) is 44.5 Å². The summed E-state index contributed by atoms with van der Waals surface area (Å²) >= 11 is 6.57. The Morgan fingerprint density at radius 2 is 0.966 bits per heavy atom. The van der Waals surface area contributed by atoms with Crippen molar-refractivity contribution in [3.8, 4) is 44.5 Å². The minimum Gasteiger partial charge on any atom is -0.285 e. The van der Waals surface area contributed by atoms with Gasteiger partial charge in [0, 0.05) is 28.5 Å². The molecule has 0 saturated heterocycles. The second-order valence-electron chi connectivity index (χ2n) is 6.79. The van der Waals surface area contributed by atoms with Crippen molar-refractivity contribution in [2.45, 2.75) is 0 Å². The Morgan fingerprint density at radius 3 is 1.34 bits per heavy atom. The van der Waals surface area contributed by atoms with E-state index in [2.05, 4.69) is 50.7 Å². The number of benzene rings is 3. The van der Waals surface area contributed by atoms with Crippen LogP contribution in [0.2, 0.25) is 5.02 Å². The highest BCUT2D eigenvalue weighted by atomic mass is 35.5. The standard InChI is InChI=1S/C24H17ClN4/c25-20-10-16(21-5-1-3-7-23(21)18-12-26-27-13-18)9-17(11-20)22-6-2-4-8-24(22)19-14-28-29-15-19/h1-15H,(H,26,27)(H,28,29). The molecule has 2 heterocycles. The molecule has 0 aliphatic carbocycles. The molecule has 3 aromatic carbocycles. The van der Waals surface area contributed by atoms with Gasteiger partial charge in [0.1, 0.15) is 0 Å². The summed E-state index contributed by atoms with van der Waals surface area (Å²) in [6.07, 6.45) is 7.47. The van der Waals surface area contributed by atoms with E-state index in [1.165, 1.54) is 0 Å². The van der Waals surface area contributed by atoms with E-state index in [9.17, 15) is 0 Å². The van der Waals surface area contributed by atoms with E-state index in [4.69, 9.17) is 11.6 Å². The number of H-pyrrole nitrogens is 2. The number of aromatic nitrogens is 4. The van der Waals surface area contributed by atoms with Gasteiger partial charge in [-0.05, 0) is 51.6 Å². The maximum atomic E-state index is 6.57. The van der Waals surface area contributed by atoms with Gasteiger partial charge in [0.25, 0.3) is 0 Å². The Balaban J connectivity index is 1.68. The Bertz CT molecular complexity index is 1160. The Morgan fingerprint density at radius 1 is 0.552 bits per heavy atom. The molecule has 0 bridgehead atoms. The zero-order valence-electron chi connectivity index (χ0n) is 15.4. The zero-order chi connectivity index (χ0) is 19.6. The highest BCUT2D eigenvalue weighted by Gasteiger charge is 2.13. The topological polar surface area (TPSA) is 57.4 Å². The van der Waals surface area contributed by atoms with Crippen molar-refractivity contribution in [3.05, 3.63) is 96.5 Å². The number of aromatic amines is 2. The van der Waals surface area contributed by atoms with Crippen LogP contribution in [0.15, 0.2) is 91.5 Å². The maximum Gasteiger partial charge on any atom is 0.0565 e. The minimum absolute atomic E-state index is 0.696. The fourth-order valence-electron chi connectivity index (χ4n) is 3.67. The minimum atomic E-state index is 0.696. The normalized spacial score (nSPS) is 10.9. The van der Waals surface area contributed by atoms with Gasteiger partial charge in [-0.15, -0.1) is 0 Å². The fraction of sp³-hybridized carbons (Fsp3) is 0. The molecule has 29 heavy (non-hydrogen) atoms. The lowest BCUT2D eigenvalue weighted by Crippen LogP contribution is -1.88. The third-order valence-electron chi connectivity index (χ3n) is 4.99. The third-order valence-corrected chi connectivity index (χ3v) is 5.21. The van der Waals surface area contributed by atoms with E-state index in [1.807, 2.05) is 61.2 Å². The summed E-state index contributed by atoms with van der Waals surface area (Å²) < 4.78 is 0. The third kappa shape index (κ3) is 3.35. The lowest BCUT2D eigenvalue weighted by molar-refractivity contribution is 1.09. The molecule has 2 N–H and O–H groups in total. The van der Waals surface area contributed by atoms with Crippen molar-refractivity contribution >= 4 is 11.6 Å². The molecule has 5 aromatic rings. The first-order valence-corrected chi connectivity index (χ1v) is 9.65. The summed E-state index contributed by atoms with van der Waals surface area (Å²) in [4.78, 5) is 0. The van der Waals surface area contributed by atoms with Crippen LogP contribution >= 0.6 is 11.6 Å². The van der Waals surface area contributed by atoms with Gasteiger partial charge in [-0.25, -0.2) is 0 Å². The van der Waals surface area contributed by atoms with Crippen LogP contribution in [-0.2, 0) is 0 Å². The van der Waals surface area contributed by atoms with Gasteiger partial charge < -0.3 is 0 Å². The second-order valence-corrected chi connectivity index (χ2v) is 7.23. The molecule has 5 rings (SSSR count). The summed E-state index contributed by atoms with van der Waals surface area (Å²) in [5.41, 5.74) is 8.64. The molecular weight excluding hydrogens is 380 g/mol. The molecule has 140 valence electrons. The maximum absolute atomic E-state index is 6.57. The first kappa shape index (κ1) is 17.5. The van der Waals surface area contributed by atoms with Gasteiger partial charge in [-0.3, -0.25) is 10.2 Å². The zero-order valence-corrected chi connectivity index (χ0v) is 16.2. The van der Waals surface area contributed by atoms with Gasteiger partial charge in [0.15, 0.2) is 0 Å². The Kier molecular flexibility index (Phi) is 4.47. The molecule has 0 amide bonds. The summed E-state index contributed by atoms with van der Waals surface area (Å²) in [6, 6.07) is 22.8. The summed E-state index contributed by atoms with van der Waals surface area (Å²) in [5, 5.41) is 14.7. The van der Waals surface area contributed by atoms with Gasteiger partial charge in [0.2, 0.25) is 0 Å². The number of halogens is 1. The highest BCUT2D eigenvalue weighted by molar-refractivity contribution is 6.31. The lowest BCUT2D eigenvalue weighted by Gasteiger charge is -2.13. The molecule has 0 fully saturated rings. The Labute approximate surface area is 173 Å². The fourth-order valence-corrected chi connectivity index (χ4v) is 3.91. The number of hydrogen-bond acceptors (Lipinski definition) is 2. The van der Waals surface area contributed by atoms with Crippen molar-refractivity contribution in [2.24, 2.45) is 0 Å². The average Bonchev–Trinajstić information content (AvgIpc) is 3.48. The van der Waals surface area contributed by atoms with E-state index in [0.29, 0.717) is 5.02 Å². The van der Waals surface area contributed by atoms with Crippen molar-refractivity contribution in [2.75, 3.05) is 0 Å². The first-order valence-electron chi connectivity index (χ1n) is 9.27. The predicted octanol–water partition coefficient (Wildman–Crippen LogP) is 6.45. The van der Waals surface area contributed by atoms with Crippen molar-refractivity contribution < 1.29 is 0 Å². The van der Waals surface area contributed by atoms with Crippen LogP contribution in [0.4, 0.5) is 0 Å². The van der Waals surface area contributed by atoms with Crippen molar-refractivity contribution in [1.82, 2.24) is 20.4 Å². The van der Waals surface area contributed by atoms with Gasteiger partial charge in [0.05, 0.1) is 12.4 Å². The van der Waals surface area contributed by atoms with Crippen LogP contribution in [0.25, 0.3) is 44.5 Å². The lowest BCUT2D eigenvalue weighted by atomic mass is 9.91. The predicted molar refractivity (Wildman–Crippen MR) is 117 cm³/mol. The highest BCUT2D eigenvalue weighted by Crippen LogP contribution is 2.38. The first-order chi connectivity index (χ1) is 14.3. The monoisotopic (exact) mass is 396 g/mol. The summed E-state index contributed by atoms with van der Waals surface area (Å²) in [7, 11) is 0. The SMILES string of the molecule is Clc1cc(-c2ccccc2-c2cn[nH]c2)cc(-c2ccccc2-c2cn[nH]c2)c1. The largest absolute Gasteiger partial charge is 0.285 e. The molecule has 4 nitrogen and oxygen atoms in total. The Hall–Kier alpha value is -3.63. The molecule has 0 aliphatic heterocycles. The van der Waals surface area contributed by atoms with Crippen molar-refractivity contribution in [1.29, 1.82) is 0 Å². The molecule has 0 atom stereocenters. The van der Waals surface area contributed by atoms with Gasteiger partial charge in [-0.2, -0.15) is 10.2 Å². The second kappa shape index (κ2) is 7.41. The summed E-state index contributed by atoms with van der Waals surface area (Å²) in [6.45, 7) is 0. The molecule has 0 spiro atoms. The van der Waals surface area contributed by atoms with Gasteiger partial charge >= 0.3 is 0 Å². The molecule has 0 unspecified atom stereocenters. The van der Waals surface area contributed by atoms with E-state index >= 15 is 0 Å². The molecule has 0 aliphatic rings. The van der Waals surface area contributed by atoms with E-state index in [-0.39, 0.29) is 0 Å².